The van der Waals surface area contributed by atoms with Crippen molar-refractivity contribution >= 4 is 11.3 Å². The number of hydrogen-bond donors (Lipinski definition) is 0. The minimum absolute atomic E-state index is 0.154. The van der Waals surface area contributed by atoms with E-state index in [-0.39, 0.29) is 11.7 Å². The van der Waals surface area contributed by atoms with Crippen molar-refractivity contribution < 1.29 is 9.47 Å². The van der Waals surface area contributed by atoms with Crippen LogP contribution in [0.1, 0.15) is 48.9 Å². The van der Waals surface area contributed by atoms with Gasteiger partial charge >= 0.3 is 0 Å². The third kappa shape index (κ3) is 2.60. The lowest BCUT2D eigenvalue weighted by molar-refractivity contribution is -0.162. The van der Waals surface area contributed by atoms with Crippen LogP contribution in [-0.4, -0.2) is 34.2 Å². The maximum absolute atomic E-state index is 6.72. The minimum Gasteiger partial charge on any atom is -0.487 e. The van der Waals surface area contributed by atoms with Crippen molar-refractivity contribution in [3.63, 3.8) is 0 Å². The van der Waals surface area contributed by atoms with Gasteiger partial charge in [0, 0.05) is 35.5 Å². The summed E-state index contributed by atoms with van der Waals surface area (Å²) in [7, 11) is 0. The van der Waals surface area contributed by atoms with Crippen molar-refractivity contribution in [3.05, 3.63) is 45.9 Å². The van der Waals surface area contributed by atoms with Gasteiger partial charge in [0.15, 0.2) is 0 Å². The summed E-state index contributed by atoms with van der Waals surface area (Å²) < 4.78 is 13.1. The number of ether oxygens (including phenoxy) is 2. The molecule has 0 spiro atoms. The Hall–Kier alpha value is -1.43. The zero-order valence-corrected chi connectivity index (χ0v) is 16.5. The van der Waals surface area contributed by atoms with Crippen LogP contribution in [0.15, 0.2) is 29.8 Å². The quantitative estimate of drug-likeness (QED) is 0.787. The van der Waals surface area contributed by atoms with Gasteiger partial charge in [-0.2, -0.15) is 0 Å². The van der Waals surface area contributed by atoms with Crippen molar-refractivity contribution in [1.29, 1.82) is 0 Å². The van der Waals surface area contributed by atoms with Crippen LogP contribution < -0.4 is 4.74 Å². The lowest BCUT2D eigenvalue weighted by atomic mass is 9.74. The summed E-state index contributed by atoms with van der Waals surface area (Å²) in [4.78, 5) is 8.41. The molecule has 0 amide bonds. The average Bonchev–Trinajstić information content (AvgIpc) is 3.20. The van der Waals surface area contributed by atoms with Crippen LogP contribution in [0, 0.1) is 12.8 Å². The molecule has 5 heteroatoms. The Kier molecular flexibility index (Phi) is 3.89. The van der Waals surface area contributed by atoms with Crippen molar-refractivity contribution in [2.45, 2.75) is 64.0 Å². The van der Waals surface area contributed by atoms with Crippen LogP contribution in [0.5, 0.6) is 5.75 Å². The average molecular weight is 371 g/mol. The molecule has 5 rings (SSSR count). The van der Waals surface area contributed by atoms with Gasteiger partial charge in [-0.05, 0) is 39.7 Å². The Morgan fingerprint density at radius 1 is 1.31 bits per heavy atom. The fraction of sp³-hybridized carbons (Fsp3) is 0.571. The SMILES string of the molecule is Cc1ncsc1CN1CC[C@H]2O[C@H]3c4ccccc4OC(C)(C)[C@@H]3C[C@H]21. The van der Waals surface area contributed by atoms with Crippen molar-refractivity contribution in [1.82, 2.24) is 9.88 Å². The lowest BCUT2D eigenvalue weighted by Gasteiger charge is -2.50. The molecule has 0 N–H and O–H groups in total. The van der Waals surface area contributed by atoms with Gasteiger partial charge in [-0.25, -0.2) is 4.98 Å². The number of benzene rings is 1. The Morgan fingerprint density at radius 2 is 2.15 bits per heavy atom. The lowest BCUT2D eigenvalue weighted by Crippen LogP contribution is -2.53. The standard InChI is InChI=1S/C21H26N2O2S/c1-13-19(26-12-22-13)11-23-9-8-18-16(23)10-15-20(24-18)14-6-4-5-7-17(14)25-21(15,2)3/h4-7,12,15-16,18,20H,8-11H2,1-3H3/t15-,16-,18-,20+/m1/s1. The molecule has 4 nitrogen and oxygen atoms in total. The summed E-state index contributed by atoms with van der Waals surface area (Å²) in [5, 5.41) is 0. The summed E-state index contributed by atoms with van der Waals surface area (Å²) in [5.41, 5.74) is 4.15. The van der Waals surface area contributed by atoms with E-state index in [9.17, 15) is 0 Å². The Bertz CT molecular complexity index is 818. The Labute approximate surface area is 159 Å². The van der Waals surface area contributed by atoms with Gasteiger partial charge in [0.2, 0.25) is 0 Å². The third-order valence-corrected chi connectivity index (χ3v) is 7.38. The molecule has 2 fully saturated rings. The summed E-state index contributed by atoms with van der Waals surface area (Å²) >= 11 is 1.77. The highest BCUT2D eigenvalue weighted by Crippen LogP contribution is 2.52. The van der Waals surface area contributed by atoms with Crippen molar-refractivity contribution in [3.8, 4) is 5.75 Å². The molecule has 2 saturated heterocycles. The van der Waals surface area contributed by atoms with E-state index < -0.39 is 0 Å². The summed E-state index contributed by atoms with van der Waals surface area (Å²) in [6.45, 7) is 8.65. The van der Waals surface area contributed by atoms with E-state index in [0.29, 0.717) is 18.1 Å². The number of aromatic nitrogens is 1. The maximum Gasteiger partial charge on any atom is 0.125 e. The molecule has 0 radical (unpaired) electrons. The second-order valence-corrected chi connectivity index (χ2v) is 9.31. The fourth-order valence-electron chi connectivity index (χ4n) is 4.98. The summed E-state index contributed by atoms with van der Waals surface area (Å²) in [6.07, 6.45) is 2.73. The smallest absolute Gasteiger partial charge is 0.125 e. The minimum atomic E-state index is -0.210. The van der Waals surface area contributed by atoms with Gasteiger partial charge in [0.25, 0.3) is 0 Å². The Balaban J connectivity index is 1.43. The molecular weight excluding hydrogens is 344 g/mol. The molecule has 0 bridgehead atoms. The first kappa shape index (κ1) is 16.7. The van der Waals surface area contributed by atoms with E-state index in [0.717, 1.165) is 31.7 Å². The van der Waals surface area contributed by atoms with Gasteiger partial charge in [0.05, 0.1) is 23.4 Å². The highest BCUT2D eigenvalue weighted by atomic mass is 32.1. The molecule has 138 valence electrons. The molecule has 3 aliphatic heterocycles. The van der Waals surface area contributed by atoms with Gasteiger partial charge in [-0.15, -0.1) is 11.3 Å². The van der Waals surface area contributed by atoms with Gasteiger partial charge in [-0.3, -0.25) is 4.90 Å². The normalized spacial score (nSPS) is 32.4. The van der Waals surface area contributed by atoms with E-state index in [1.807, 2.05) is 5.51 Å². The van der Waals surface area contributed by atoms with Crippen LogP contribution in [0.3, 0.4) is 0 Å². The van der Waals surface area contributed by atoms with Crippen LogP contribution in [0.4, 0.5) is 0 Å². The van der Waals surface area contributed by atoms with Gasteiger partial charge in [0.1, 0.15) is 11.4 Å². The van der Waals surface area contributed by atoms with E-state index in [2.05, 4.69) is 54.9 Å². The first-order chi connectivity index (χ1) is 12.5. The number of para-hydroxylation sites is 1. The molecule has 1 aromatic heterocycles. The molecule has 1 aromatic carbocycles. The van der Waals surface area contributed by atoms with Gasteiger partial charge in [-0.1, -0.05) is 18.2 Å². The monoisotopic (exact) mass is 370 g/mol. The van der Waals surface area contributed by atoms with E-state index in [1.54, 1.807) is 11.3 Å². The third-order valence-electron chi connectivity index (χ3n) is 6.46. The predicted molar refractivity (Wildman–Crippen MR) is 103 cm³/mol. The fourth-order valence-corrected chi connectivity index (χ4v) is 5.78. The molecule has 0 unspecified atom stereocenters. The first-order valence-corrected chi connectivity index (χ1v) is 10.5. The molecular formula is C21H26N2O2S. The first-order valence-electron chi connectivity index (χ1n) is 9.59. The van der Waals surface area contributed by atoms with Crippen LogP contribution in [-0.2, 0) is 11.3 Å². The molecule has 26 heavy (non-hydrogen) atoms. The zero-order chi connectivity index (χ0) is 17.9. The number of fused-ring (bicyclic) bond motifs is 4. The molecule has 0 saturated carbocycles. The molecule has 2 aromatic rings. The molecule has 0 aliphatic carbocycles. The largest absolute Gasteiger partial charge is 0.487 e. The van der Waals surface area contributed by atoms with Gasteiger partial charge < -0.3 is 9.47 Å². The van der Waals surface area contributed by atoms with Crippen LogP contribution in [0.25, 0.3) is 0 Å². The Morgan fingerprint density at radius 3 is 2.96 bits per heavy atom. The van der Waals surface area contributed by atoms with E-state index in [1.165, 1.54) is 16.1 Å². The van der Waals surface area contributed by atoms with E-state index >= 15 is 0 Å². The van der Waals surface area contributed by atoms with Crippen molar-refractivity contribution in [2.24, 2.45) is 5.92 Å². The van der Waals surface area contributed by atoms with Crippen molar-refractivity contribution in [2.75, 3.05) is 6.54 Å². The topological polar surface area (TPSA) is 34.6 Å². The maximum atomic E-state index is 6.72. The van der Waals surface area contributed by atoms with Crippen LogP contribution >= 0.6 is 11.3 Å². The number of thiazole rings is 1. The molecule has 4 heterocycles. The number of nitrogens with zero attached hydrogens (tertiary/aromatic N) is 2. The molecule has 4 atom stereocenters. The number of likely N-dealkylation sites (tertiary alicyclic amines) is 1. The second kappa shape index (κ2) is 6.04. The number of rotatable bonds is 2. The van der Waals surface area contributed by atoms with E-state index in [4.69, 9.17) is 9.47 Å². The highest BCUT2D eigenvalue weighted by Gasteiger charge is 2.52. The highest BCUT2D eigenvalue weighted by molar-refractivity contribution is 7.09. The summed E-state index contributed by atoms with van der Waals surface area (Å²) in [6, 6.07) is 8.88. The van der Waals surface area contributed by atoms with Crippen LogP contribution in [0.2, 0.25) is 0 Å². The number of aryl methyl sites for hydroxylation is 1. The number of hydrogen-bond acceptors (Lipinski definition) is 5. The predicted octanol–water partition coefficient (Wildman–Crippen LogP) is 4.34. The summed E-state index contributed by atoms with van der Waals surface area (Å²) in [5.74, 6) is 1.37. The second-order valence-electron chi connectivity index (χ2n) is 8.37. The molecule has 3 aliphatic rings. The zero-order valence-electron chi connectivity index (χ0n) is 15.6.